The molecule has 0 fully saturated rings. The van der Waals surface area contributed by atoms with Gasteiger partial charge in [0, 0.05) is 16.1 Å². The summed E-state index contributed by atoms with van der Waals surface area (Å²) in [6.07, 6.45) is 3.69. The number of esters is 1. The summed E-state index contributed by atoms with van der Waals surface area (Å²) >= 11 is 11.7. The average Bonchev–Trinajstić information content (AvgIpc) is 2.36. The highest BCUT2D eigenvalue weighted by Gasteiger charge is 2.36. The highest BCUT2D eigenvalue weighted by Crippen LogP contribution is 2.23. The SMILES string of the molecule is CC1=CC(=O)C(C(=O)C=Cc2ccc(Cl)cc2Cl)C(=O)O1. The molecular weight excluding hydrogens is 315 g/mol. The van der Waals surface area contributed by atoms with E-state index in [2.05, 4.69) is 0 Å². The van der Waals surface area contributed by atoms with E-state index in [0.717, 1.165) is 12.2 Å². The lowest BCUT2D eigenvalue weighted by molar-refractivity contribution is -0.151. The second kappa shape index (κ2) is 6.24. The van der Waals surface area contributed by atoms with E-state index in [4.69, 9.17) is 27.9 Å². The van der Waals surface area contributed by atoms with Crippen molar-refractivity contribution >= 4 is 46.8 Å². The number of rotatable bonds is 3. The van der Waals surface area contributed by atoms with Crippen LogP contribution in [0.3, 0.4) is 0 Å². The van der Waals surface area contributed by atoms with Gasteiger partial charge >= 0.3 is 5.97 Å². The molecule has 0 saturated carbocycles. The van der Waals surface area contributed by atoms with Crippen molar-refractivity contribution in [2.24, 2.45) is 5.92 Å². The number of ketones is 2. The van der Waals surface area contributed by atoms with Crippen LogP contribution in [-0.2, 0) is 19.1 Å². The van der Waals surface area contributed by atoms with Gasteiger partial charge in [0.15, 0.2) is 17.5 Å². The smallest absolute Gasteiger partial charge is 0.329 e. The normalized spacial score (nSPS) is 18.6. The topological polar surface area (TPSA) is 60.4 Å². The number of hydrogen-bond donors (Lipinski definition) is 0. The number of halogens is 2. The summed E-state index contributed by atoms with van der Waals surface area (Å²) in [5.74, 6) is -3.37. The van der Waals surface area contributed by atoms with Gasteiger partial charge in [-0.05, 0) is 36.8 Å². The summed E-state index contributed by atoms with van der Waals surface area (Å²) in [5, 5.41) is 0.829. The molecule has 0 aliphatic carbocycles. The van der Waals surface area contributed by atoms with E-state index in [-0.39, 0.29) is 5.76 Å². The van der Waals surface area contributed by atoms with Crippen molar-refractivity contribution in [1.82, 2.24) is 0 Å². The van der Waals surface area contributed by atoms with Crippen molar-refractivity contribution in [3.8, 4) is 0 Å². The second-order valence-electron chi connectivity index (χ2n) is 4.41. The van der Waals surface area contributed by atoms with E-state index < -0.39 is 23.5 Å². The third-order valence-corrected chi connectivity index (χ3v) is 3.36. The Balaban J connectivity index is 2.20. The average molecular weight is 325 g/mol. The molecule has 0 aromatic heterocycles. The van der Waals surface area contributed by atoms with Crippen molar-refractivity contribution < 1.29 is 19.1 Å². The van der Waals surface area contributed by atoms with Crippen LogP contribution in [0.4, 0.5) is 0 Å². The third-order valence-electron chi connectivity index (χ3n) is 2.80. The molecule has 1 aliphatic rings. The van der Waals surface area contributed by atoms with Crippen LogP contribution in [-0.4, -0.2) is 17.5 Å². The zero-order valence-electron chi connectivity index (χ0n) is 10.9. The number of benzene rings is 1. The fourth-order valence-corrected chi connectivity index (χ4v) is 2.28. The summed E-state index contributed by atoms with van der Waals surface area (Å²) in [5.41, 5.74) is 0.553. The summed E-state index contributed by atoms with van der Waals surface area (Å²) in [4.78, 5) is 35.3. The lowest BCUT2D eigenvalue weighted by atomic mass is 9.96. The Kier molecular flexibility index (Phi) is 4.60. The van der Waals surface area contributed by atoms with Crippen molar-refractivity contribution in [3.05, 3.63) is 51.7 Å². The van der Waals surface area contributed by atoms with Crippen LogP contribution in [0.2, 0.25) is 10.0 Å². The largest absolute Gasteiger partial charge is 0.430 e. The number of hydrogen-bond acceptors (Lipinski definition) is 4. The molecule has 0 spiro atoms. The Morgan fingerprint density at radius 1 is 1.29 bits per heavy atom. The lowest BCUT2D eigenvalue weighted by Crippen LogP contribution is -2.34. The first-order chi connectivity index (χ1) is 9.88. The van der Waals surface area contributed by atoms with Gasteiger partial charge in [0.05, 0.1) is 0 Å². The highest BCUT2D eigenvalue weighted by atomic mass is 35.5. The maximum atomic E-state index is 12.0. The molecule has 0 radical (unpaired) electrons. The Labute approximate surface area is 131 Å². The van der Waals surface area contributed by atoms with Crippen LogP contribution in [0.25, 0.3) is 6.08 Å². The van der Waals surface area contributed by atoms with Gasteiger partial charge in [-0.15, -0.1) is 0 Å². The summed E-state index contributed by atoms with van der Waals surface area (Å²) in [6, 6.07) is 4.77. The van der Waals surface area contributed by atoms with Crippen LogP contribution in [0, 0.1) is 5.92 Å². The molecular formula is C15H10Cl2O4. The molecule has 0 amide bonds. The first-order valence-electron chi connectivity index (χ1n) is 5.99. The summed E-state index contributed by atoms with van der Waals surface area (Å²) < 4.78 is 4.78. The maximum absolute atomic E-state index is 12.0. The molecule has 1 atom stereocenters. The first-order valence-corrected chi connectivity index (χ1v) is 6.75. The van der Waals surface area contributed by atoms with Crippen molar-refractivity contribution in [3.63, 3.8) is 0 Å². The maximum Gasteiger partial charge on any atom is 0.329 e. The van der Waals surface area contributed by atoms with E-state index in [1.165, 1.54) is 19.1 Å². The molecule has 1 heterocycles. The number of carbonyl (C=O) groups is 3. The Morgan fingerprint density at radius 3 is 2.62 bits per heavy atom. The number of carbonyl (C=O) groups excluding carboxylic acids is 3. The third kappa shape index (κ3) is 3.60. The van der Waals surface area contributed by atoms with Gasteiger partial charge in [-0.25, -0.2) is 0 Å². The summed E-state index contributed by atoms with van der Waals surface area (Å²) in [6.45, 7) is 1.47. The van der Waals surface area contributed by atoms with E-state index >= 15 is 0 Å². The minimum Gasteiger partial charge on any atom is -0.430 e. The monoisotopic (exact) mass is 324 g/mol. The van der Waals surface area contributed by atoms with E-state index in [0.29, 0.717) is 15.6 Å². The number of cyclic esters (lactones) is 1. The zero-order chi connectivity index (χ0) is 15.6. The van der Waals surface area contributed by atoms with Gasteiger partial charge in [-0.2, -0.15) is 0 Å². The van der Waals surface area contributed by atoms with Crippen molar-refractivity contribution in [1.29, 1.82) is 0 Å². The van der Waals surface area contributed by atoms with Crippen LogP contribution in [0.5, 0.6) is 0 Å². The molecule has 1 unspecified atom stereocenters. The van der Waals surface area contributed by atoms with Gasteiger partial charge < -0.3 is 4.74 Å². The van der Waals surface area contributed by atoms with Gasteiger partial charge in [0.25, 0.3) is 0 Å². The molecule has 0 N–H and O–H groups in total. The molecule has 108 valence electrons. The van der Waals surface area contributed by atoms with Crippen LogP contribution >= 0.6 is 23.2 Å². The number of ether oxygens (including phenoxy) is 1. The van der Waals surface area contributed by atoms with Crippen LogP contribution in [0.15, 0.2) is 36.1 Å². The molecule has 1 aliphatic heterocycles. The van der Waals surface area contributed by atoms with Crippen LogP contribution in [0.1, 0.15) is 12.5 Å². The fourth-order valence-electron chi connectivity index (χ4n) is 1.81. The van der Waals surface area contributed by atoms with Gasteiger partial charge in [0.1, 0.15) is 5.76 Å². The van der Waals surface area contributed by atoms with Crippen molar-refractivity contribution in [2.75, 3.05) is 0 Å². The van der Waals surface area contributed by atoms with Crippen LogP contribution < -0.4 is 0 Å². The Bertz CT molecular complexity index is 689. The standard InChI is InChI=1S/C15H10Cl2O4/c1-8-6-13(19)14(15(20)21-8)12(18)5-3-9-2-4-10(16)7-11(9)17/h2-7,14H,1H3. The molecule has 0 bridgehead atoms. The van der Waals surface area contributed by atoms with E-state index in [9.17, 15) is 14.4 Å². The molecule has 1 aromatic carbocycles. The molecule has 1 aromatic rings. The second-order valence-corrected chi connectivity index (χ2v) is 5.26. The predicted octanol–water partition coefficient (Wildman–Crippen LogP) is 3.22. The summed E-state index contributed by atoms with van der Waals surface area (Å²) in [7, 11) is 0. The van der Waals surface area contributed by atoms with Gasteiger partial charge in [-0.1, -0.05) is 29.3 Å². The lowest BCUT2D eigenvalue weighted by Gasteiger charge is -2.15. The molecule has 2 rings (SSSR count). The minimum atomic E-state index is -1.45. The fraction of sp³-hybridized carbons (Fsp3) is 0.133. The molecule has 21 heavy (non-hydrogen) atoms. The Morgan fingerprint density at radius 2 is 2.00 bits per heavy atom. The quantitative estimate of drug-likeness (QED) is 0.486. The molecule has 4 nitrogen and oxygen atoms in total. The predicted molar refractivity (Wildman–Crippen MR) is 78.8 cm³/mol. The highest BCUT2D eigenvalue weighted by molar-refractivity contribution is 6.35. The minimum absolute atomic E-state index is 0.179. The zero-order valence-corrected chi connectivity index (χ0v) is 12.4. The Hall–Kier alpha value is -1.91. The van der Waals surface area contributed by atoms with E-state index in [1.54, 1.807) is 12.1 Å². The van der Waals surface area contributed by atoms with E-state index in [1.807, 2.05) is 0 Å². The first kappa shape index (κ1) is 15.5. The van der Waals surface area contributed by atoms with Gasteiger partial charge in [0.2, 0.25) is 0 Å². The van der Waals surface area contributed by atoms with Gasteiger partial charge in [-0.3, -0.25) is 14.4 Å². The molecule has 6 heteroatoms. The molecule has 0 saturated heterocycles. The van der Waals surface area contributed by atoms with Crippen molar-refractivity contribution in [2.45, 2.75) is 6.92 Å². The number of allylic oxidation sites excluding steroid dienone is 3.